The van der Waals surface area contributed by atoms with Gasteiger partial charge in [0.1, 0.15) is 6.61 Å². The van der Waals surface area contributed by atoms with Crippen LogP contribution in [-0.4, -0.2) is 68.0 Å². The molecule has 9 heteroatoms. The Labute approximate surface area is 151 Å². The lowest BCUT2D eigenvalue weighted by atomic mass is 10.2. The van der Waals surface area contributed by atoms with Crippen molar-refractivity contribution in [3.05, 3.63) is 24.3 Å². The monoisotopic (exact) mass is 366 g/mol. The number of hydrogen-bond donors (Lipinski definition) is 3. The van der Waals surface area contributed by atoms with Crippen molar-refractivity contribution in [2.45, 2.75) is 6.10 Å². The molecule has 3 rings (SSSR count). The van der Waals surface area contributed by atoms with Crippen LogP contribution in [0.5, 0.6) is 11.5 Å². The lowest BCUT2D eigenvalue weighted by Crippen LogP contribution is -2.53. The van der Waals surface area contributed by atoms with Crippen molar-refractivity contribution in [2.24, 2.45) is 0 Å². The number of thiocarbonyl (C=S) groups is 1. The van der Waals surface area contributed by atoms with Crippen molar-refractivity contribution >= 4 is 23.2 Å². The standard InChI is InChI=1S/C16H22N4O4S/c21-15(14-11-23-12-3-1-2-4-13(12)24-14)18-19-16(25)17-5-6-20-7-9-22-10-8-20/h1-4,14H,5-11H2,(H,18,21)(H2,17,19,25). The van der Waals surface area contributed by atoms with E-state index in [2.05, 4.69) is 21.1 Å². The fraction of sp³-hybridized carbons (Fsp3) is 0.500. The van der Waals surface area contributed by atoms with Gasteiger partial charge in [-0.05, 0) is 24.4 Å². The molecule has 0 radical (unpaired) electrons. The molecule has 1 amide bonds. The number of carbonyl (C=O) groups is 1. The fourth-order valence-electron chi connectivity index (χ4n) is 2.54. The Morgan fingerprint density at radius 1 is 1.20 bits per heavy atom. The first kappa shape index (κ1) is 17.7. The van der Waals surface area contributed by atoms with Crippen LogP contribution >= 0.6 is 12.2 Å². The summed E-state index contributed by atoms with van der Waals surface area (Å²) >= 11 is 5.15. The van der Waals surface area contributed by atoms with Gasteiger partial charge in [0.05, 0.1) is 13.2 Å². The second-order valence-corrected chi connectivity index (χ2v) is 6.10. The summed E-state index contributed by atoms with van der Waals surface area (Å²) in [5.74, 6) is 0.853. The zero-order valence-corrected chi connectivity index (χ0v) is 14.6. The number of para-hydroxylation sites is 2. The summed E-state index contributed by atoms with van der Waals surface area (Å²) < 4.78 is 16.4. The van der Waals surface area contributed by atoms with E-state index in [0.29, 0.717) is 23.2 Å². The lowest BCUT2D eigenvalue weighted by molar-refractivity contribution is -0.130. The molecule has 25 heavy (non-hydrogen) atoms. The molecule has 0 aliphatic carbocycles. The van der Waals surface area contributed by atoms with Gasteiger partial charge in [-0.2, -0.15) is 0 Å². The van der Waals surface area contributed by atoms with Crippen LogP contribution in [0.1, 0.15) is 0 Å². The third-order valence-corrected chi connectivity index (χ3v) is 4.16. The Bertz CT molecular complexity index is 610. The molecule has 1 fully saturated rings. The van der Waals surface area contributed by atoms with Crippen molar-refractivity contribution in [2.75, 3.05) is 46.0 Å². The quantitative estimate of drug-likeness (QED) is 0.493. The van der Waals surface area contributed by atoms with Crippen LogP contribution in [0.3, 0.4) is 0 Å². The lowest BCUT2D eigenvalue weighted by Gasteiger charge is -2.27. The second-order valence-electron chi connectivity index (χ2n) is 5.69. The smallest absolute Gasteiger partial charge is 0.283 e. The molecular formula is C16H22N4O4S. The van der Waals surface area contributed by atoms with Crippen LogP contribution in [-0.2, 0) is 9.53 Å². The van der Waals surface area contributed by atoms with Gasteiger partial charge in [-0.15, -0.1) is 0 Å². The van der Waals surface area contributed by atoms with Crippen LogP contribution in [0, 0.1) is 0 Å². The first-order valence-corrected chi connectivity index (χ1v) is 8.65. The number of morpholine rings is 1. The molecule has 0 saturated carbocycles. The maximum Gasteiger partial charge on any atom is 0.283 e. The van der Waals surface area contributed by atoms with E-state index < -0.39 is 6.10 Å². The number of hydrazine groups is 1. The topological polar surface area (TPSA) is 84.1 Å². The van der Waals surface area contributed by atoms with Crippen LogP contribution < -0.4 is 25.6 Å². The molecule has 0 aromatic heterocycles. The summed E-state index contributed by atoms with van der Waals surface area (Å²) in [5.41, 5.74) is 5.22. The first-order chi connectivity index (χ1) is 12.2. The summed E-state index contributed by atoms with van der Waals surface area (Å²) in [5, 5.41) is 3.41. The Hall–Kier alpha value is -2.10. The van der Waals surface area contributed by atoms with E-state index in [-0.39, 0.29) is 12.5 Å². The molecule has 3 N–H and O–H groups in total. The molecule has 8 nitrogen and oxygen atoms in total. The van der Waals surface area contributed by atoms with Crippen LogP contribution in [0.2, 0.25) is 0 Å². The van der Waals surface area contributed by atoms with Crippen molar-refractivity contribution in [3.8, 4) is 11.5 Å². The Balaban J connectivity index is 1.34. The third-order valence-electron chi connectivity index (χ3n) is 3.92. The third kappa shape index (κ3) is 5.18. The highest BCUT2D eigenvalue weighted by molar-refractivity contribution is 7.80. The molecule has 136 valence electrons. The molecule has 1 unspecified atom stereocenters. The van der Waals surface area contributed by atoms with E-state index in [9.17, 15) is 4.79 Å². The highest BCUT2D eigenvalue weighted by Gasteiger charge is 2.27. The molecule has 0 bridgehead atoms. The van der Waals surface area contributed by atoms with E-state index in [1.807, 2.05) is 12.1 Å². The maximum atomic E-state index is 12.1. The highest BCUT2D eigenvalue weighted by Crippen LogP contribution is 2.30. The van der Waals surface area contributed by atoms with Gasteiger partial charge in [0, 0.05) is 26.2 Å². The number of hydrogen-bond acceptors (Lipinski definition) is 6. The first-order valence-electron chi connectivity index (χ1n) is 8.24. The molecule has 2 aliphatic heterocycles. The number of fused-ring (bicyclic) bond motifs is 1. The molecule has 1 aromatic carbocycles. The predicted octanol–water partition coefficient (Wildman–Crippen LogP) is -0.346. The van der Waals surface area contributed by atoms with E-state index in [4.69, 9.17) is 26.4 Å². The van der Waals surface area contributed by atoms with Gasteiger partial charge >= 0.3 is 0 Å². The van der Waals surface area contributed by atoms with Gasteiger partial charge in [-0.3, -0.25) is 20.5 Å². The summed E-state index contributed by atoms with van der Waals surface area (Å²) in [7, 11) is 0. The number of rotatable bonds is 4. The van der Waals surface area contributed by atoms with Crippen molar-refractivity contribution in [1.82, 2.24) is 21.1 Å². The summed E-state index contributed by atoms with van der Waals surface area (Å²) in [4.78, 5) is 14.4. The number of amides is 1. The van der Waals surface area contributed by atoms with Crippen LogP contribution in [0.25, 0.3) is 0 Å². The average Bonchev–Trinajstić information content (AvgIpc) is 2.66. The van der Waals surface area contributed by atoms with Crippen molar-refractivity contribution < 1.29 is 19.0 Å². The van der Waals surface area contributed by atoms with E-state index in [0.717, 1.165) is 32.8 Å². The minimum Gasteiger partial charge on any atom is -0.485 e. The van der Waals surface area contributed by atoms with Gasteiger partial charge in [0.25, 0.3) is 5.91 Å². The second kappa shape index (κ2) is 8.84. The van der Waals surface area contributed by atoms with Crippen LogP contribution in [0.15, 0.2) is 24.3 Å². The fourth-order valence-corrected chi connectivity index (χ4v) is 2.70. The average molecular weight is 366 g/mol. The van der Waals surface area contributed by atoms with Gasteiger partial charge in [-0.25, -0.2) is 0 Å². The minimum absolute atomic E-state index is 0.155. The Morgan fingerprint density at radius 2 is 1.96 bits per heavy atom. The zero-order valence-electron chi connectivity index (χ0n) is 13.8. The molecule has 1 atom stereocenters. The van der Waals surface area contributed by atoms with Crippen molar-refractivity contribution in [1.29, 1.82) is 0 Å². The van der Waals surface area contributed by atoms with E-state index in [1.165, 1.54) is 0 Å². The molecule has 2 heterocycles. The molecule has 2 aliphatic rings. The number of carbonyl (C=O) groups excluding carboxylic acids is 1. The highest BCUT2D eigenvalue weighted by atomic mass is 32.1. The number of ether oxygens (including phenoxy) is 3. The zero-order chi connectivity index (χ0) is 17.5. The maximum absolute atomic E-state index is 12.1. The van der Waals surface area contributed by atoms with E-state index in [1.54, 1.807) is 12.1 Å². The normalized spacial score (nSPS) is 19.8. The number of nitrogens with one attached hydrogen (secondary N) is 3. The van der Waals surface area contributed by atoms with Gasteiger partial charge in [-0.1, -0.05) is 12.1 Å². The Kier molecular flexibility index (Phi) is 6.26. The Morgan fingerprint density at radius 3 is 2.76 bits per heavy atom. The molecular weight excluding hydrogens is 344 g/mol. The summed E-state index contributed by atoms with van der Waals surface area (Å²) in [6.07, 6.45) is -0.724. The molecule has 0 spiro atoms. The van der Waals surface area contributed by atoms with Gasteiger partial charge in [0.15, 0.2) is 16.6 Å². The predicted molar refractivity (Wildman–Crippen MR) is 95.5 cm³/mol. The minimum atomic E-state index is -0.724. The number of benzene rings is 1. The molecule has 1 saturated heterocycles. The van der Waals surface area contributed by atoms with Gasteiger partial charge < -0.3 is 19.5 Å². The van der Waals surface area contributed by atoms with Crippen LogP contribution in [0.4, 0.5) is 0 Å². The van der Waals surface area contributed by atoms with E-state index >= 15 is 0 Å². The number of nitrogens with zero attached hydrogens (tertiary/aromatic N) is 1. The van der Waals surface area contributed by atoms with Crippen molar-refractivity contribution in [3.63, 3.8) is 0 Å². The largest absolute Gasteiger partial charge is 0.485 e. The SMILES string of the molecule is O=C(NNC(=S)NCCN1CCOCC1)C1COc2ccccc2O1. The summed E-state index contributed by atoms with van der Waals surface area (Å²) in [6.45, 7) is 5.12. The summed E-state index contributed by atoms with van der Waals surface area (Å²) in [6, 6.07) is 7.24. The molecule has 1 aromatic rings. The van der Waals surface area contributed by atoms with Gasteiger partial charge in [0.2, 0.25) is 6.10 Å².